The molecule has 0 aliphatic heterocycles. The number of benzene rings is 2. The van der Waals surface area contributed by atoms with Crippen LogP contribution in [-0.2, 0) is 30.3 Å². The molecule has 0 aliphatic carbocycles. The van der Waals surface area contributed by atoms with Gasteiger partial charge in [0.2, 0.25) is 5.91 Å². The molecule has 2 rings (SSSR count). The summed E-state index contributed by atoms with van der Waals surface area (Å²) in [4.78, 5) is 51.2. The molecule has 0 aromatic heterocycles. The van der Waals surface area contributed by atoms with Crippen molar-refractivity contribution in [2.24, 2.45) is 0 Å². The molecule has 2 amide bonds. The Bertz CT molecular complexity index is 1130. The van der Waals surface area contributed by atoms with Crippen molar-refractivity contribution >= 4 is 35.4 Å². The highest BCUT2D eigenvalue weighted by atomic mass is 35.5. The third-order valence-corrected chi connectivity index (χ3v) is 5.79. The molecular weight excluding hydrogens is 508 g/mol. The fourth-order valence-electron chi connectivity index (χ4n) is 3.80. The van der Waals surface area contributed by atoms with Gasteiger partial charge in [0.25, 0.3) is 0 Å². The third kappa shape index (κ3) is 10.2. The molecule has 1 unspecified atom stereocenters. The Hall–Kier alpha value is -3.39. The minimum absolute atomic E-state index is 0.0889. The first-order valence-corrected chi connectivity index (χ1v) is 13.0. The lowest BCUT2D eigenvalue weighted by Gasteiger charge is -2.31. The Balaban J connectivity index is 2.18. The van der Waals surface area contributed by atoms with E-state index in [-0.39, 0.29) is 18.8 Å². The number of halogens is 1. The predicted molar refractivity (Wildman–Crippen MR) is 147 cm³/mol. The molecule has 8 nitrogen and oxygen atoms in total. The standard InChI is InChI=1S/C29H37ClN2O6/c1-7-37-26(34)18-32(28(36)38-29(4,5)6)20(3)27(35)31-25(15-19(2)33)16-21-11-13-22(14-12-21)23-9-8-10-24(30)17-23/h8-14,17,20,25H,7,15-16,18H2,1-6H3,(H,31,35)/t20?,25-/m0/s1. The molecule has 0 heterocycles. The second-order valence-corrected chi connectivity index (χ2v) is 10.5. The minimum Gasteiger partial charge on any atom is -0.465 e. The van der Waals surface area contributed by atoms with E-state index in [0.29, 0.717) is 11.4 Å². The van der Waals surface area contributed by atoms with Crippen LogP contribution < -0.4 is 5.32 Å². The number of rotatable bonds is 11. The molecule has 0 fully saturated rings. The molecule has 2 aromatic rings. The SMILES string of the molecule is CCOC(=O)CN(C(=O)OC(C)(C)C)C(C)C(=O)N[C@@H](CC(C)=O)Cc1ccc(-c2cccc(Cl)c2)cc1. The van der Waals surface area contributed by atoms with Gasteiger partial charge >= 0.3 is 12.1 Å². The number of ketones is 1. The topological polar surface area (TPSA) is 102 Å². The number of carbonyl (C=O) groups is 4. The van der Waals surface area contributed by atoms with Crippen molar-refractivity contribution < 1.29 is 28.7 Å². The fraction of sp³-hybridized carbons (Fsp3) is 0.448. The zero-order valence-corrected chi connectivity index (χ0v) is 23.6. The van der Waals surface area contributed by atoms with E-state index < -0.39 is 42.2 Å². The van der Waals surface area contributed by atoms with E-state index >= 15 is 0 Å². The highest BCUT2D eigenvalue weighted by Gasteiger charge is 2.33. The molecular formula is C29H37ClN2O6. The van der Waals surface area contributed by atoms with Crippen molar-refractivity contribution in [2.45, 2.75) is 72.1 Å². The van der Waals surface area contributed by atoms with Crippen LogP contribution in [0.4, 0.5) is 4.79 Å². The van der Waals surface area contributed by atoms with Crippen LogP contribution in [-0.4, -0.2) is 59.5 Å². The van der Waals surface area contributed by atoms with Crippen molar-refractivity contribution in [3.63, 3.8) is 0 Å². The molecule has 9 heteroatoms. The van der Waals surface area contributed by atoms with E-state index in [4.69, 9.17) is 21.1 Å². The second-order valence-electron chi connectivity index (χ2n) is 10.1. The molecule has 0 saturated heterocycles. The number of esters is 1. The van der Waals surface area contributed by atoms with Crippen molar-refractivity contribution in [1.29, 1.82) is 0 Å². The Morgan fingerprint density at radius 3 is 2.24 bits per heavy atom. The summed E-state index contributed by atoms with van der Waals surface area (Å²) in [5.74, 6) is -1.26. The third-order valence-electron chi connectivity index (χ3n) is 5.55. The van der Waals surface area contributed by atoms with Crippen LogP contribution in [0.3, 0.4) is 0 Å². The molecule has 2 aromatic carbocycles. The molecule has 0 spiro atoms. The quantitative estimate of drug-likeness (QED) is 0.390. The maximum atomic E-state index is 13.2. The summed E-state index contributed by atoms with van der Waals surface area (Å²) < 4.78 is 10.4. The Labute approximate surface area is 229 Å². The first-order chi connectivity index (χ1) is 17.8. The summed E-state index contributed by atoms with van der Waals surface area (Å²) in [6.45, 7) is 9.38. The van der Waals surface area contributed by atoms with Gasteiger partial charge in [-0.3, -0.25) is 19.3 Å². The van der Waals surface area contributed by atoms with Gasteiger partial charge in [0.15, 0.2) is 0 Å². The minimum atomic E-state index is -1.05. The second kappa shape index (κ2) is 14.0. The van der Waals surface area contributed by atoms with E-state index in [1.807, 2.05) is 48.5 Å². The predicted octanol–water partition coefficient (Wildman–Crippen LogP) is 5.20. The molecule has 2 atom stereocenters. The summed E-state index contributed by atoms with van der Waals surface area (Å²) in [6.07, 6.45) is -0.301. The van der Waals surface area contributed by atoms with Gasteiger partial charge in [-0.15, -0.1) is 0 Å². The zero-order valence-electron chi connectivity index (χ0n) is 22.9. The van der Waals surface area contributed by atoms with E-state index in [0.717, 1.165) is 21.6 Å². The van der Waals surface area contributed by atoms with Gasteiger partial charge in [-0.2, -0.15) is 0 Å². The Kier molecular flexibility index (Phi) is 11.3. The highest BCUT2D eigenvalue weighted by molar-refractivity contribution is 6.30. The summed E-state index contributed by atoms with van der Waals surface area (Å²) in [7, 11) is 0. The van der Waals surface area contributed by atoms with Gasteiger partial charge in [-0.25, -0.2) is 4.79 Å². The lowest BCUT2D eigenvalue weighted by atomic mass is 9.98. The van der Waals surface area contributed by atoms with Crippen LogP contribution in [0.25, 0.3) is 11.1 Å². The maximum absolute atomic E-state index is 13.2. The summed E-state index contributed by atoms with van der Waals surface area (Å²) >= 11 is 6.10. The zero-order chi connectivity index (χ0) is 28.5. The Morgan fingerprint density at radius 2 is 1.68 bits per heavy atom. The van der Waals surface area contributed by atoms with Crippen molar-refractivity contribution in [3.8, 4) is 11.1 Å². The van der Waals surface area contributed by atoms with E-state index in [1.165, 1.54) is 13.8 Å². The van der Waals surface area contributed by atoms with Gasteiger partial charge < -0.3 is 14.8 Å². The van der Waals surface area contributed by atoms with Crippen molar-refractivity contribution in [1.82, 2.24) is 10.2 Å². The van der Waals surface area contributed by atoms with Crippen LogP contribution in [0.5, 0.6) is 0 Å². The summed E-state index contributed by atoms with van der Waals surface area (Å²) in [6, 6.07) is 13.8. The number of hydrogen-bond acceptors (Lipinski definition) is 6. The molecule has 0 aliphatic rings. The van der Waals surface area contributed by atoms with E-state index in [2.05, 4.69) is 5.32 Å². The van der Waals surface area contributed by atoms with Gasteiger partial charge in [0.05, 0.1) is 6.61 Å². The van der Waals surface area contributed by atoms with Gasteiger partial charge in [0.1, 0.15) is 24.0 Å². The molecule has 38 heavy (non-hydrogen) atoms. The summed E-state index contributed by atoms with van der Waals surface area (Å²) in [5, 5.41) is 3.52. The summed E-state index contributed by atoms with van der Waals surface area (Å²) in [5.41, 5.74) is 2.07. The average Bonchev–Trinajstić information content (AvgIpc) is 2.81. The molecule has 0 bridgehead atoms. The van der Waals surface area contributed by atoms with Gasteiger partial charge in [0, 0.05) is 17.5 Å². The van der Waals surface area contributed by atoms with Crippen LogP contribution >= 0.6 is 11.6 Å². The smallest absolute Gasteiger partial charge is 0.411 e. The first kappa shape index (κ1) is 30.8. The average molecular weight is 545 g/mol. The molecule has 0 radical (unpaired) electrons. The van der Waals surface area contributed by atoms with Gasteiger partial charge in [-0.1, -0.05) is 48.0 Å². The highest BCUT2D eigenvalue weighted by Crippen LogP contribution is 2.23. The van der Waals surface area contributed by atoms with Crippen LogP contribution in [0.1, 0.15) is 53.5 Å². The number of Topliss-reactive ketones (excluding diaryl/α,β-unsaturated/α-hetero) is 1. The number of ether oxygens (including phenoxy) is 2. The van der Waals surface area contributed by atoms with Crippen LogP contribution in [0, 0.1) is 0 Å². The van der Waals surface area contributed by atoms with Gasteiger partial charge in [-0.05, 0) is 76.8 Å². The van der Waals surface area contributed by atoms with Crippen LogP contribution in [0.15, 0.2) is 48.5 Å². The monoisotopic (exact) mass is 544 g/mol. The number of carbonyl (C=O) groups excluding carboxylic acids is 4. The number of nitrogens with one attached hydrogen (secondary N) is 1. The first-order valence-electron chi connectivity index (χ1n) is 12.6. The number of nitrogens with zero attached hydrogens (tertiary/aromatic N) is 1. The molecule has 206 valence electrons. The largest absolute Gasteiger partial charge is 0.465 e. The van der Waals surface area contributed by atoms with Crippen LogP contribution in [0.2, 0.25) is 5.02 Å². The number of amides is 2. The van der Waals surface area contributed by atoms with E-state index in [1.54, 1.807) is 27.7 Å². The van der Waals surface area contributed by atoms with E-state index in [9.17, 15) is 19.2 Å². The lowest BCUT2D eigenvalue weighted by molar-refractivity contribution is -0.145. The normalized spacial score (nSPS) is 12.7. The Morgan fingerprint density at radius 1 is 1.03 bits per heavy atom. The maximum Gasteiger partial charge on any atom is 0.411 e. The lowest BCUT2D eigenvalue weighted by Crippen LogP contribution is -2.53. The number of hydrogen-bond donors (Lipinski definition) is 1. The molecule has 1 N–H and O–H groups in total. The molecule has 0 saturated carbocycles. The van der Waals surface area contributed by atoms with Crippen molar-refractivity contribution in [3.05, 3.63) is 59.1 Å². The fourth-order valence-corrected chi connectivity index (χ4v) is 3.99. The van der Waals surface area contributed by atoms with Crippen molar-refractivity contribution in [2.75, 3.05) is 13.2 Å².